The summed E-state index contributed by atoms with van der Waals surface area (Å²) in [5.74, 6) is 1.42. The van der Waals surface area contributed by atoms with Gasteiger partial charge in [0.2, 0.25) is 5.82 Å². The molecule has 6 nitrogen and oxygen atoms in total. The van der Waals surface area contributed by atoms with Crippen LogP contribution in [-0.4, -0.2) is 22.3 Å². The second-order valence-electron chi connectivity index (χ2n) is 8.27. The molecule has 0 spiro atoms. The summed E-state index contributed by atoms with van der Waals surface area (Å²) in [4.78, 5) is 4.63. The Kier molecular flexibility index (Phi) is 6.20. The molecule has 0 aliphatic carbocycles. The zero-order chi connectivity index (χ0) is 22.7. The van der Waals surface area contributed by atoms with Crippen molar-refractivity contribution in [3.63, 3.8) is 0 Å². The summed E-state index contributed by atoms with van der Waals surface area (Å²) in [6, 6.07) is 20.3. The number of nitriles is 1. The van der Waals surface area contributed by atoms with Gasteiger partial charge in [0, 0.05) is 23.7 Å². The van der Waals surface area contributed by atoms with Crippen LogP contribution in [0, 0.1) is 11.3 Å². The first-order valence-corrected chi connectivity index (χ1v) is 10.8. The number of hydrogen-bond acceptors (Lipinski definition) is 6. The quantitative estimate of drug-likeness (QED) is 0.407. The fraction of sp³-hybridized carbons (Fsp3) is 0.269. The maximum atomic E-state index is 9.51. The maximum Gasteiger partial charge on any atom is 0.258 e. The summed E-state index contributed by atoms with van der Waals surface area (Å²) >= 11 is 0. The molecule has 3 aromatic carbocycles. The highest BCUT2D eigenvalue weighted by atomic mass is 16.5. The number of ether oxygens (including phenoxy) is 1. The molecule has 1 N–H and O–H groups in total. The van der Waals surface area contributed by atoms with E-state index in [2.05, 4.69) is 53.6 Å². The van der Waals surface area contributed by atoms with Crippen LogP contribution >= 0.6 is 0 Å². The highest BCUT2D eigenvalue weighted by molar-refractivity contribution is 5.97. The fourth-order valence-corrected chi connectivity index (χ4v) is 3.58. The van der Waals surface area contributed by atoms with Gasteiger partial charge in [-0.3, -0.25) is 0 Å². The maximum absolute atomic E-state index is 9.51. The molecule has 32 heavy (non-hydrogen) atoms. The minimum Gasteiger partial charge on any atom is -0.490 e. The van der Waals surface area contributed by atoms with Crippen LogP contribution < -0.4 is 10.1 Å². The smallest absolute Gasteiger partial charge is 0.258 e. The molecule has 0 saturated heterocycles. The van der Waals surface area contributed by atoms with Gasteiger partial charge in [-0.25, -0.2) is 0 Å². The van der Waals surface area contributed by atoms with E-state index in [-0.39, 0.29) is 6.10 Å². The normalized spacial score (nSPS) is 11.3. The molecule has 0 saturated carbocycles. The molecule has 0 atom stereocenters. The molecule has 4 rings (SSSR count). The van der Waals surface area contributed by atoms with Crippen LogP contribution in [0.15, 0.2) is 59.1 Å². The number of fused-ring (bicyclic) bond motifs is 1. The van der Waals surface area contributed by atoms with Crippen LogP contribution in [0.1, 0.15) is 38.8 Å². The van der Waals surface area contributed by atoms with Crippen molar-refractivity contribution in [1.82, 2.24) is 15.5 Å². The highest BCUT2D eigenvalue weighted by Gasteiger charge is 2.16. The molecule has 6 heteroatoms. The predicted molar refractivity (Wildman–Crippen MR) is 125 cm³/mol. The summed E-state index contributed by atoms with van der Waals surface area (Å²) in [5.41, 5.74) is 3.24. The summed E-state index contributed by atoms with van der Waals surface area (Å²) in [6.45, 7) is 8.91. The van der Waals surface area contributed by atoms with Crippen LogP contribution in [-0.2, 0) is 6.54 Å². The van der Waals surface area contributed by atoms with Crippen molar-refractivity contribution in [2.75, 3.05) is 0 Å². The molecule has 4 aromatic rings. The van der Waals surface area contributed by atoms with Crippen molar-refractivity contribution >= 4 is 10.8 Å². The van der Waals surface area contributed by atoms with E-state index in [0.717, 1.165) is 22.9 Å². The van der Waals surface area contributed by atoms with Crippen LogP contribution in [0.4, 0.5) is 0 Å². The Balaban J connectivity index is 1.70. The average molecular weight is 427 g/mol. The van der Waals surface area contributed by atoms with Gasteiger partial charge in [-0.2, -0.15) is 10.2 Å². The first-order valence-electron chi connectivity index (χ1n) is 10.8. The van der Waals surface area contributed by atoms with Crippen molar-refractivity contribution in [3.8, 4) is 34.7 Å². The standard InChI is InChI=1S/C26H26N4O2/c1-16(2)28-15-19-9-11-23(22-8-6-5-7-21(19)22)25-29-26(32-30-25)18-10-12-24(31-17(3)4)20(13-18)14-27/h5-13,16-17,28H,15H2,1-4H3. The molecule has 1 heterocycles. The minimum atomic E-state index is -0.0186. The molecular weight excluding hydrogens is 400 g/mol. The third kappa shape index (κ3) is 4.48. The van der Waals surface area contributed by atoms with Gasteiger partial charge in [0.05, 0.1) is 11.7 Å². The van der Waals surface area contributed by atoms with Gasteiger partial charge in [0.1, 0.15) is 11.8 Å². The fourth-order valence-electron chi connectivity index (χ4n) is 3.58. The van der Waals surface area contributed by atoms with Crippen molar-refractivity contribution < 1.29 is 9.26 Å². The molecule has 1 aromatic heterocycles. The molecular formula is C26H26N4O2. The first-order chi connectivity index (χ1) is 15.5. The van der Waals surface area contributed by atoms with Crippen LogP contribution in [0.25, 0.3) is 33.6 Å². The van der Waals surface area contributed by atoms with E-state index >= 15 is 0 Å². The Labute approximate surface area is 187 Å². The van der Waals surface area contributed by atoms with Gasteiger partial charge in [0.25, 0.3) is 5.89 Å². The second-order valence-corrected chi connectivity index (χ2v) is 8.27. The number of aromatic nitrogens is 2. The molecule has 0 amide bonds. The van der Waals surface area contributed by atoms with Crippen LogP contribution in [0.5, 0.6) is 5.75 Å². The predicted octanol–water partition coefficient (Wildman–Crippen LogP) is 5.71. The summed E-state index contributed by atoms with van der Waals surface area (Å²) in [7, 11) is 0. The number of hydrogen-bond donors (Lipinski definition) is 1. The van der Waals surface area contributed by atoms with Gasteiger partial charge in [-0.05, 0) is 48.4 Å². The summed E-state index contributed by atoms with van der Waals surface area (Å²) in [5, 5.41) is 19.4. The molecule has 0 unspecified atom stereocenters. The topological polar surface area (TPSA) is 84.0 Å². The highest BCUT2D eigenvalue weighted by Crippen LogP contribution is 2.32. The molecule has 162 valence electrons. The lowest BCUT2D eigenvalue weighted by Gasteiger charge is -2.12. The Morgan fingerprint density at radius 2 is 1.81 bits per heavy atom. The van der Waals surface area contributed by atoms with E-state index < -0.39 is 0 Å². The number of benzene rings is 3. The molecule has 0 fully saturated rings. The molecule has 0 radical (unpaired) electrons. The monoisotopic (exact) mass is 426 g/mol. The van der Waals surface area contributed by atoms with E-state index in [1.54, 1.807) is 12.1 Å². The number of nitrogens with zero attached hydrogens (tertiary/aromatic N) is 3. The van der Waals surface area contributed by atoms with E-state index in [1.165, 1.54) is 5.56 Å². The van der Waals surface area contributed by atoms with Crippen LogP contribution in [0.2, 0.25) is 0 Å². The van der Waals surface area contributed by atoms with Gasteiger partial charge >= 0.3 is 0 Å². The lowest BCUT2D eigenvalue weighted by Crippen LogP contribution is -2.21. The van der Waals surface area contributed by atoms with Gasteiger partial charge in [0.15, 0.2) is 0 Å². The van der Waals surface area contributed by atoms with E-state index in [0.29, 0.717) is 34.6 Å². The van der Waals surface area contributed by atoms with E-state index in [1.807, 2.05) is 38.1 Å². The third-order valence-corrected chi connectivity index (χ3v) is 5.09. The zero-order valence-electron chi connectivity index (χ0n) is 18.7. The Bertz CT molecular complexity index is 1280. The first kappa shape index (κ1) is 21.5. The lowest BCUT2D eigenvalue weighted by molar-refractivity contribution is 0.241. The minimum absolute atomic E-state index is 0.0186. The molecule has 0 aliphatic rings. The Morgan fingerprint density at radius 1 is 1.03 bits per heavy atom. The molecule has 0 aliphatic heterocycles. The average Bonchev–Trinajstić information content (AvgIpc) is 3.27. The number of nitrogens with one attached hydrogen (secondary N) is 1. The molecule has 0 bridgehead atoms. The van der Waals surface area contributed by atoms with E-state index in [9.17, 15) is 5.26 Å². The zero-order valence-corrected chi connectivity index (χ0v) is 18.7. The largest absolute Gasteiger partial charge is 0.490 e. The Morgan fingerprint density at radius 3 is 2.53 bits per heavy atom. The SMILES string of the molecule is CC(C)NCc1ccc(-c2noc(-c3ccc(OC(C)C)c(C#N)c3)n2)c2ccccc12. The van der Waals surface area contributed by atoms with Crippen molar-refractivity contribution in [1.29, 1.82) is 5.26 Å². The lowest BCUT2D eigenvalue weighted by atomic mass is 9.99. The van der Waals surface area contributed by atoms with Gasteiger partial charge in [-0.1, -0.05) is 55.4 Å². The number of rotatable bonds is 7. The third-order valence-electron chi connectivity index (χ3n) is 5.09. The van der Waals surface area contributed by atoms with E-state index in [4.69, 9.17) is 9.26 Å². The van der Waals surface area contributed by atoms with Crippen LogP contribution in [0.3, 0.4) is 0 Å². The van der Waals surface area contributed by atoms with Crippen molar-refractivity contribution in [2.24, 2.45) is 0 Å². The van der Waals surface area contributed by atoms with Crippen molar-refractivity contribution in [3.05, 3.63) is 65.7 Å². The van der Waals surface area contributed by atoms with Gasteiger partial charge in [-0.15, -0.1) is 0 Å². The summed E-state index contributed by atoms with van der Waals surface area (Å²) < 4.78 is 11.3. The Hall–Kier alpha value is -3.69. The summed E-state index contributed by atoms with van der Waals surface area (Å²) in [6.07, 6.45) is -0.0186. The second kappa shape index (κ2) is 9.21. The van der Waals surface area contributed by atoms with Crippen molar-refractivity contribution in [2.45, 2.75) is 46.4 Å². The van der Waals surface area contributed by atoms with Gasteiger partial charge < -0.3 is 14.6 Å².